The molecule has 0 aliphatic heterocycles. The van der Waals surface area contributed by atoms with E-state index in [1.807, 2.05) is 20.3 Å². The van der Waals surface area contributed by atoms with Crippen molar-refractivity contribution in [1.29, 1.82) is 0 Å². The zero-order valence-electron chi connectivity index (χ0n) is 10.1. The second-order valence-corrected chi connectivity index (χ2v) is 3.15. The Morgan fingerprint density at radius 2 is 1.69 bits per heavy atom. The molecule has 0 rings (SSSR count). The Hall–Kier alpha value is 0.583. The minimum atomic E-state index is 0. The van der Waals surface area contributed by atoms with E-state index in [2.05, 4.69) is 32.6 Å². The van der Waals surface area contributed by atoms with Crippen molar-refractivity contribution in [3.05, 3.63) is 13.3 Å². The summed E-state index contributed by atoms with van der Waals surface area (Å²) in [6, 6.07) is 0.678. The average molecular weight is 237 g/mol. The average Bonchev–Trinajstić information content (AvgIpc) is 2.01. The third kappa shape index (κ3) is 15.3. The molecule has 0 aromatic heterocycles. The Balaban J connectivity index is -0.000000220. The maximum atomic E-state index is 3.81. The van der Waals surface area contributed by atoms with Gasteiger partial charge in [-0.3, -0.25) is 0 Å². The van der Waals surface area contributed by atoms with Crippen LogP contribution in [0.5, 0.6) is 0 Å². The molecule has 0 spiro atoms. The molecule has 0 aliphatic carbocycles. The molecular weight excluding hydrogens is 212 g/mol. The van der Waals surface area contributed by atoms with Crippen molar-refractivity contribution in [2.45, 2.75) is 47.1 Å². The Bertz CT molecular complexity index is 74.5. The molecule has 0 radical (unpaired) electrons. The van der Waals surface area contributed by atoms with E-state index in [9.17, 15) is 0 Å². The maximum Gasteiger partial charge on any atom is 2.00 e. The molecule has 0 aromatic rings. The fourth-order valence-electron chi connectivity index (χ4n) is 0.985. The van der Waals surface area contributed by atoms with Gasteiger partial charge in [-0.15, -0.1) is 0 Å². The van der Waals surface area contributed by atoms with Gasteiger partial charge < -0.3 is 18.2 Å². The number of hydrogen-bond donors (Lipinski definition) is 0. The van der Waals surface area contributed by atoms with E-state index in [0.29, 0.717) is 6.04 Å². The molecule has 76 valence electrons. The van der Waals surface area contributed by atoms with Crippen LogP contribution in [0, 0.1) is 13.3 Å². The van der Waals surface area contributed by atoms with Crippen molar-refractivity contribution in [1.82, 2.24) is 4.90 Å². The molecular formula is C11H25NZn. The van der Waals surface area contributed by atoms with E-state index < -0.39 is 0 Å². The van der Waals surface area contributed by atoms with Crippen LogP contribution in [0.1, 0.15) is 41.0 Å². The van der Waals surface area contributed by atoms with Crippen molar-refractivity contribution >= 4 is 0 Å². The summed E-state index contributed by atoms with van der Waals surface area (Å²) in [4.78, 5) is 2.41. The van der Waals surface area contributed by atoms with Crippen LogP contribution in [0.3, 0.4) is 0 Å². The molecule has 0 aliphatic rings. The molecule has 0 saturated carbocycles. The Kier molecular flexibility index (Phi) is 22.3. The van der Waals surface area contributed by atoms with Gasteiger partial charge in [0.25, 0.3) is 0 Å². The standard InChI is InChI=1S/C8H18N.C3H7.Zn/c1-5-7-9(6-2)8(3)4;1-3-2;/h8H,1,5-7H2,2-4H3;3H,1-2H3;/q2*-1;+2. The normalized spacial score (nSPS) is 9.23. The third-order valence-corrected chi connectivity index (χ3v) is 1.58. The van der Waals surface area contributed by atoms with Crippen molar-refractivity contribution in [2.24, 2.45) is 0 Å². The zero-order valence-corrected chi connectivity index (χ0v) is 13.1. The maximum absolute atomic E-state index is 3.81. The summed E-state index contributed by atoms with van der Waals surface area (Å²) in [6.07, 6.45) is 3.02. The Morgan fingerprint density at radius 3 is 1.77 bits per heavy atom. The van der Waals surface area contributed by atoms with E-state index >= 15 is 0 Å². The molecule has 0 fully saturated rings. The number of rotatable bonds is 4. The van der Waals surface area contributed by atoms with Gasteiger partial charge in [0.05, 0.1) is 0 Å². The van der Waals surface area contributed by atoms with E-state index in [-0.39, 0.29) is 19.5 Å². The second-order valence-electron chi connectivity index (χ2n) is 3.15. The molecule has 13 heavy (non-hydrogen) atoms. The van der Waals surface area contributed by atoms with E-state index in [1.165, 1.54) is 0 Å². The molecule has 0 aromatic carbocycles. The first kappa shape index (κ1) is 19.2. The first-order valence-corrected chi connectivity index (χ1v) is 4.91. The summed E-state index contributed by atoms with van der Waals surface area (Å²) < 4.78 is 0. The molecule has 2 heteroatoms. The quantitative estimate of drug-likeness (QED) is 0.535. The van der Waals surface area contributed by atoms with Gasteiger partial charge in [0.15, 0.2) is 0 Å². The molecule has 0 saturated heterocycles. The molecule has 0 N–H and O–H groups in total. The smallest absolute Gasteiger partial charge is 0.342 e. The van der Waals surface area contributed by atoms with Gasteiger partial charge in [-0.05, 0) is 26.9 Å². The van der Waals surface area contributed by atoms with Crippen LogP contribution < -0.4 is 0 Å². The molecule has 0 unspecified atom stereocenters. The minimum absolute atomic E-state index is 0. The van der Waals surface area contributed by atoms with Gasteiger partial charge in [-0.25, -0.2) is 0 Å². The van der Waals surface area contributed by atoms with E-state index in [0.717, 1.165) is 19.5 Å². The fraction of sp³-hybridized carbons (Fsp3) is 0.818. The number of hydrogen-bond acceptors (Lipinski definition) is 1. The zero-order chi connectivity index (χ0) is 9.98. The van der Waals surface area contributed by atoms with E-state index in [4.69, 9.17) is 0 Å². The summed E-state index contributed by atoms with van der Waals surface area (Å²) in [5.41, 5.74) is 0. The van der Waals surface area contributed by atoms with Gasteiger partial charge in [-0.1, -0.05) is 6.92 Å². The first-order chi connectivity index (χ1) is 5.63. The van der Waals surface area contributed by atoms with Crippen LogP contribution in [-0.4, -0.2) is 24.0 Å². The van der Waals surface area contributed by atoms with Crippen LogP contribution in [0.25, 0.3) is 0 Å². The van der Waals surface area contributed by atoms with Gasteiger partial charge in [-0.2, -0.15) is 20.3 Å². The van der Waals surface area contributed by atoms with Crippen LogP contribution in [-0.2, 0) is 19.5 Å². The van der Waals surface area contributed by atoms with Crippen molar-refractivity contribution in [2.75, 3.05) is 13.1 Å². The van der Waals surface area contributed by atoms with E-state index in [1.54, 1.807) is 0 Å². The summed E-state index contributed by atoms with van der Waals surface area (Å²) >= 11 is 0. The van der Waals surface area contributed by atoms with Crippen molar-refractivity contribution in [3.8, 4) is 0 Å². The predicted octanol–water partition coefficient (Wildman–Crippen LogP) is 3.17. The summed E-state index contributed by atoms with van der Waals surface area (Å²) in [6.45, 7) is 16.7. The van der Waals surface area contributed by atoms with Gasteiger partial charge in [0.1, 0.15) is 0 Å². The summed E-state index contributed by atoms with van der Waals surface area (Å²) in [5.74, 6) is 0. The topological polar surface area (TPSA) is 3.24 Å². The second kappa shape index (κ2) is 15.1. The Labute approximate surface area is 98.0 Å². The summed E-state index contributed by atoms with van der Waals surface area (Å²) in [7, 11) is 0. The Morgan fingerprint density at radius 1 is 1.31 bits per heavy atom. The SMILES string of the molecule is C[CH-]C.[CH2-]CCN(CC)C(C)C.[Zn+2]. The van der Waals surface area contributed by atoms with Crippen molar-refractivity contribution in [3.63, 3.8) is 0 Å². The van der Waals surface area contributed by atoms with Crippen LogP contribution >= 0.6 is 0 Å². The largest absolute Gasteiger partial charge is 2.00 e. The molecule has 0 heterocycles. The fourth-order valence-corrected chi connectivity index (χ4v) is 0.985. The van der Waals surface area contributed by atoms with Crippen LogP contribution in [0.2, 0.25) is 0 Å². The number of nitrogens with zero attached hydrogens (tertiary/aromatic N) is 1. The summed E-state index contributed by atoms with van der Waals surface area (Å²) in [5, 5.41) is 0. The monoisotopic (exact) mass is 235 g/mol. The molecule has 0 amide bonds. The molecule has 1 nitrogen and oxygen atoms in total. The first-order valence-electron chi connectivity index (χ1n) is 4.91. The van der Waals surface area contributed by atoms with Crippen LogP contribution in [0.15, 0.2) is 0 Å². The predicted molar refractivity (Wildman–Crippen MR) is 58.0 cm³/mol. The minimum Gasteiger partial charge on any atom is -0.342 e. The molecule has 0 bridgehead atoms. The van der Waals surface area contributed by atoms with Crippen LogP contribution in [0.4, 0.5) is 0 Å². The van der Waals surface area contributed by atoms with Gasteiger partial charge in [0.2, 0.25) is 0 Å². The van der Waals surface area contributed by atoms with Crippen molar-refractivity contribution < 1.29 is 19.5 Å². The van der Waals surface area contributed by atoms with Gasteiger partial charge in [0, 0.05) is 6.04 Å². The third-order valence-electron chi connectivity index (χ3n) is 1.58. The van der Waals surface area contributed by atoms with Gasteiger partial charge >= 0.3 is 19.5 Å². The molecule has 0 atom stereocenters.